The van der Waals surface area contributed by atoms with Crippen LogP contribution in [0.3, 0.4) is 0 Å². The van der Waals surface area contributed by atoms with Crippen molar-refractivity contribution in [2.75, 3.05) is 19.7 Å². The van der Waals surface area contributed by atoms with Crippen molar-refractivity contribution < 1.29 is 32.4 Å². The highest BCUT2D eigenvalue weighted by molar-refractivity contribution is 6.25. The number of rotatable bonds is 13. The maximum Gasteiger partial charge on any atom is 0.343 e. The van der Waals surface area contributed by atoms with Crippen LogP contribution in [0.4, 0.5) is 18.9 Å². The number of Topliss-reactive ketones (excluding diaryl/α,β-unsaturated/α-hetero) is 1. The summed E-state index contributed by atoms with van der Waals surface area (Å²) >= 11 is 0. The van der Waals surface area contributed by atoms with Gasteiger partial charge in [0.15, 0.2) is 5.82 Å². The quantitative estimate of drug-likeness (QED) is 0.0538. The molecule has 0 saturated heterocycles. The minimum absolute atomic E-state index is 0.0467. The van der Waals surface area contributed by atoms with E-state index in [-0.39, 0.29) is 6.61 Å². The van der Waals surface area contributed by atoms with Gasteiger partial charge in [-0.1, -0.05) is 27.2 Å². The Kier molecular flexibility index (Phi) is 10.8. The van der Waals surface area contributed by atoms with Gasteiger partial charge in [0.05, 0.1) is 11.5 Å². The molecule has 0 fully saturated rings. The van der Waals surface area contributed by atoms with Gasteiger partial charge in [0, 0.05) is 24.9 Å². The number of nitro groups is 1. The van der Waals surface area contributed by atoms with Gasteiger partial charge in [0.2, 0.25) is 11.6 Å². The molecule has 0 radical (unpaired) electrons. The molecule has 1 aromatic rings. The van der Waals surface area contributed by atoms with Gasteiger partial charge in [-0.2, -0.15) is 4.39 Å². The number of nitro benzene ring substituents is 1. The average molecular weight is 459 g/mol. The number of nitrogens with one attached hydrogen (secondary N) is 1. The van der Waals surface area contributed by atoms with Crippen LogP contribution < -0.4 is 5.43 Å². The number of hydrazine groups is 1. The molecule has 0 unspecified atom stereocenters. The third-order valence-corrected chi connectivity index (χ3v) is 4.50. The molecule has 0 bridgehead atoms. The molecule has 1 aromatic carbocycles. The summed E-state index contributed by atoms with van der Waals surface area (Å²) < 4.78 is 47.9. The van der Waals surface area contributed by atoms with Crippen molar-refractivity contribution >= 4 is 17.4 Å². The van der Waals surface area contributed by atoms with E-state index >= 15 is 0 Å². The molecular weight excluding hydrogens is 431 g/mol. The first kappa shape index (κ1) is 27.1. The molecule has 8 nitrogen and oxygen atoms in total. The van der Waals surface area contributed by atoms with Crippen molar-refractivity contribution in [2.45, 2.75) is 53.4 Å². The van der Waals surface area contributed by atoms with E-state index in [4.69, 9.17) is 4.74 Å². The minimum Gasteiger partial charge on any atom is -0.462 e. The van der Waals surface area contributed by atoms with E-state index in [0.717, 1.165) is 26.0 Å². The SMILES string of the molecule is CCCCOC(=O)C(=CNN(CCC)CCC)C(=O)c1c(F)c(C)c(F)c(F)c1[N+](=O)[O-]. The van der Waals surface area contributed by atoms with Crippen molar-refractivity contribution in [1.82, 2.24) is 10.4 Å². The predicted molar refractivity (Wildman–Crippen MR) is 111 cm³/mol. The number of unbranched alkanes of at least 4 members (excludes halogenated alkanes) is 1. The van der Waals surface area contributed by atoms with Gasteiger partial charge >= 0.3 is 11.7 Å². The first-order chi connectivity index (χ1) is 15.1. The van der Waals surface area contributed by atoms with E-state index < -0.39 is 56.5 Å². The van der Waals surface area contributed by atoms with E-state index in [2.05, 4.69) is 5.43 Å². The van der Waals surface area contributed by atoms with E-state index in [1.807, 2.05) is 20.8 Å². The van der Waals surface area contributed by atoms with Crippen LogP contribution in [0.1, 0.15) is 62.4 Å². The van der Waals surface area contributed by atoms with E-state index in [1.54, 1.807) is 5.01 Å². The number of nitrogens with zero attached hydrogens (tertiary/aromatic N) is 2. The summed E-state index contributed by atoms with van der Waals surface area (Å²) in [6.45, 7) is 7.51. The lowest BCUT2D eigenvalue weighted by Crippen LogP contribution is -2.37. The first-order valence-electron chi connectivity index (χ1n) is 10.4. The van der Waals surface area contributed by atoms with Crippen LogP contribution in [0.5, 0.6) is 0 Å². The molecule has 11 heteroatoms. The van der Waals surface area contributed by atoms with Gasteiger partial charge in [-0.25, -0.2) is 18.6 Å². The predicted octanol–water partition coefficient (Wildman–Crippen LogP) is 4.36. The number of hydrogen-bond acceptors (Lipinski definition) is 7. The summed E-state index contributed by atoms with van der Waals surface area (Å²) in [5.41, 5.74) is -1.97. The van der Waals surface area contributed by atoms with E-state index in [0.29, 0.717) is 25.9 Å². The highest BCUT2D eigenvalue weighted by atomic mass is 19.2. The number of ketones is 1. The molecule has 0 aliphatic carbocycles. The number of benzene rings is 1. The van der Waals surface area contributed by atoms with Crippen LogP contribution in [0, 0.1) is 34.5 Å². The molecule has 0 atom stereocenters. The maximum absolute atomic E-state index is 14.7. The third-order valence-electron chi connectivity index (χ3n) is 4.50. The Hall–Kier alpha value is -2.95. The van der Waals surface area contributed by atoms with Crippen molar-refractivity contribution in [1.29, 1.82) is 0 Å². The summed E-state index contributed by atoms with van der Waals surface area (Å²) in [4.78, 5) is 35.5. The van der Waals surface area contributed by atoms with Gasteiger partial charge < -0.3 is 10.2 Å². The Morgan fingerprint density at radius 1 is 1.06 bits per heavy atom. The zero-order chi connectivity index (χ0) is 24.4. The van der Waals surface area contributed by atoms with Gasteiger partial charge in [-0.3, -0.25) is 14.9 Å². The minimum atomic E-state index is -1.98. The topological polar surface area (TPSA) is 102 Å². The zero-order valence-electron chi connectivity index (χ0n) is 18.6. The van der Waals surface area contributed by atoms with Crippen LogP contribution >= 0.6 is 0 Å². The van der Waals surface area contributed by atoms with Gasteiger partial charge in [0.25, 0.3) is 0 Å². The van der Waals surface area contributed by atoms with Crippen LogP contribution in [-0.4, -0.2) is 41.4 Å². The first-order valence-corrected chi connectivity index (χ1v) is 10.4. The highest BCUT2D eigenvalue weighted by Gasteiger charge is 2.37. The highest BCUT2D eigenvalue weighted by Crippen LogP contribution is 2.32. The summed E-state index contributed by atoms with van der Waals surface area (Å²) in [7, 11) is 0. The maximum atomic E-state index is 14.7. The summed E-state index contributed by atoms with van der Waals surface area (Å²) in [5, 5.41) is 13.0. The standard InChI is InChI=1S/C21H28F3N3O5/c1-5-8-11-32-21(29)14(12-25-26(9-6-2)10-7-3)20(28)15-16(22)13(4)17(23)18(24)19(15)27(30)31/h12,25H,5-11H2,1-4H3. The van der Waals surface area contributed by atoms with Crippen LogP contribution in [0.15, 0.2) is 11.8 Å². The molecule has 32 heavy (non-hydrogen) atoms. The summed E-state index contributed by atoms with van der Waals surface area (Å²) in [6, 6.07) is 0. The molecule has 0 spiro atoms. The molecule has 0 amide bonds. The van der Waals surface area contributed by atoms with Crippen molar-refractivity contribution in [2.24, 2.45) is 0 Å². The second kappa shape index (κ2) is 12.8. The second-order valence-corrected chi connectivity index (χ2v) is 7.04. The molecule has 1 N–H and O–H groups in total. The molecule has 0 aliphatic rings. The zero-order valence-corrected chi connectivity index (χ0v) is 18.6. The van der Waals surface area contributed by atoms with Gasteiger partial charge in [0.1, 0.15) is 17.0 Å². The van der Waals surface area contributed by atoms with Crippen molar-refractivity contribution in [3.8, 4) is 0 Å². The van der Waals surface area contributed by atoms with Crippen LogP contribution in [0.2, 0.25) is 0 Å². The lowest BCUT2D eigenvalue weighted by atomic mass is 9.98. The smallest absolute Gasteiger partial charge is 0.343 e. The molecule has 1 rings (SSSR count). The average Bonchev–Trinajstić information content (AvgIpc) is 2.74. The molecule has 0 saturated carbocycles. The van der Waals surface area contributed by atoms with Crippen molar-refractivity contribution in [3.63, 3.8) is 0 Å². The molecular formula is C21H28F3N3O5. The number of esters is 1. The Labute approximate surface area is 184 Å². The number of halogens is 3. The fourth-order valence-corrected chi connectivity index (χ4v) is 2.82. The molecule has 0 heterocycles. The van der Waals surface area contributed by atoms with Gasteiger partial charge in [-0.15, -0.1) is 0 Å². The number of carbonyl (C=O) groups is 2. The van der Waals surface area contributed by atoms with Crippen LogP contribution in [0.25, 0.3) is 0 Å². The third kappa shape index (κ3) is 6.52. The monoisotopic (exact) mass is 459 g/mol. The second-order valence-electron chi connectivity index (χ2n) is 7.04. The van der Waals surface area contributed by atoms with Crippen LogP contribution in [-0.2, 0) is 9.53 Å². The normalized spacial score (nSPS) is 11.6. The molecule has 0 aromatic heterocycles. The summed E-state index contributed by atoms with van der Waals surface area (Å²) in [5.74, 6) is -8.04. The van der Waals surface area contributed by atoms with E-state index in [1.165, 1.54) is 0 Å². The Balaban J connectivity index is 3.57. The Bertz CT molecular complexity index is 884. The Morgan fingerprint density at radius 2 is 1.66 bits per heavy atom. The summed E-state index contributed by atoms with van der Waals surface area (Å²) in [6.07, 6.45) is 3.57. The lowest BCUT2D eigenvalue weighted by molar-refractivity contribution is -0.388. The van der Waals surface area contributed by atoms with E-state index in [9.17, 15) is 32.9 Å². The fraction of sp³-hybridized carbons (Fsp3) is 0.524. The molecule has 178 valence electrons. The molecule has 0 aliphatic heterocycles. The largest absolute Gasteiger partial charge is 0.462 e. The van der Waals surface area contributed by atoms with Gasteiger partial charge in [-0.05, 0) is 26.2 Å². The lowest BCUT2D eigenvalue weighted by Gasteiger charge is -2.21. The number of carbonyl (C=O) groups excluding carboxylic acids is 2. The Morgan fingerprint density at radius 3 is 2.16 bits per heavy atom. The van der Waals surface area contributed by atoms with Crippen molar-refractivity contribution in [3.05, 3.63) is 50.5 Å². The fourth-order valence-electron chi connectivity index (χ4n) is 2.82. The number of hydrogen-bond donors (Lipinski definition) is 1. The number of ether oxygens (including phenoxy) is 1.